The molecule has 0 aliphatic rings. The van der Waals surface area contributed by atoms with Gasteiger partial charge >= 0.3 is 0 Å². The maximum atomic E-state index is 11.9. The number of nitrogens with one attached hydrogen (secondary N) is 1. The van der Waals surface area contributed by atoms with Gasteiger partial charge in [0.2, 0.25) is 5.91 Å². The van der Waals surface area contributed by atoms with E-state index in [2.05, 4.69) is 34.6 Å². The van der Waals surface area contributed by atoms with Gasteiger partial charge in [-0.2, -0.15) is 0 Å². The normalized spacial score (nSPS) is 10.3. The van der Waals surface area contributed by atoms with Gasteiger partial charge in [0.25, 0.3) is 0 Å². The van der Waals surface area contributed by atoms with Crippen LogP contribution in [0.5, 0.6) is 0 Å². The second-order valence-electron chi connectivity index (χ2n) is 4.90. The number of rotatable bonds is 4. The summed E-state index contributed by atoms with van der Waals surface area (Å²) in [6, 6.07) is 11.7. The lowest BCUT2D eigenvalue weighted by atomic mass is 10.1. The minimum atomic E-state index is -0.0137. The van der Waals surface area contributed by atoms with Crippen molar-refractivity contribution in [2.45, 2.75) is 26.7 Å². The number of carbonyl (C=O) groups is 1. The number of aryl methyl sites for hydroxylation is 3. The summed E-state index contributed by atoms with van der Waals surface area (Å²) in [7, 11) is 0. The van der Waals surface area contributed by atoms with Gasteiger partial charge < -0.3 is 11.1 Å². The zero-order valence-electron chi connectivity index (χ0n) is 11.8. The molecule has 104 valence electrons. The maximum absolute atomic E-state index is 11.9. The molecular formula is C16H19N3O. The van der Waals surface area contributed by atoms with Crippen molar-refractivity contribution < 1.29 is 4.79 Å². The van der Waals surface area contributed by atoms with Gasteiger partial charge in [-0.05, 0) is 38.0 Å². The average Bonchev–Trinajstić information content (AvgIpc) is 2.41. The van der Waals surface area contributed by atoms with E-state index < -0.39 is 0 Å². The van der Waals surface area contributed by atoms with Gasteiger partial charge in [-0.15, -0.1) is 0 Å². The summed E-state index contributed by atoms with van der Waals surface area (Å²) >= 11 is 0. The van der Waals surface area contributed by atoms with Crippen LogP contribution in [0, 0.1) is 13.8 Å². The first-order valence-corrected chi connectivity index (χ1v) is 6.63. The van der Waals surface area contributed by atoms with Crippen molar-refractivity contribution in [3.63, 3.8) is 0 Å². The summed E-state index contributed by atoms with van der Waals surface area (Å²) in [4.78, 5) is 16.0. The predicted octanol–water partition coefficient (Wildman–Crippen LogP) is 2.85. The molecule has 0 saturated heterocycles. The number of carbonyl (C=O) groups excluding carboxylic acids is 1. The Bertz CT molecular complexity index is 606. The summed E-state index contributed by atoms with van der Waals surface area (Å²) < 4.78 is 0. The first kappa shape index (κ1) is 14.1. The van der Waals surface area contributed by atoms with Gasteiger partial charge in [-0.25, -0.2) is 4.98 Å². The highest BCUT2D eigenvalue weighted by Crippen LogP contribution is 2.14. The standard InChI is InChI=1S/C16H19N3O/c1-11-3-5-13(6-4-11)7-10-16(20)19-14-8-9-15(17)18-12(14)2/h3-6,8-9H,7,10H2,1-2H3,(H2,17,18)(H,19,20). The molecule has 0 spiro atoms. The minimum Gasteiger partial charge on any atom is -0.384 e. The molecule has 0 aliphatic carbocycles. The van der Waals surface area contributed by atoms with Gasteiger partial charge in [-0.1, -0.05) is 29.8 Å². The van der Waals surface area contributed by atoms with Crippen molar-refractivity contribution >= 4 is 17.4 Å². The number of hydrogen-bond acceptors (Lipinski definition) is 3. The predicted molar refractivity (Wildman–Crippen MR) is 81.5 cm³/mol. The Balaban J connectivity index is 1.90. The Labute approximate surface area is 119 Å². The summed E-state index contributed by atoms with van der Waals surface area (Å²) in [6.45, 7) is 3.87. The summed E-state index contributed by atoms with van der Waals surface area (Å²) in [5.74, 6) is 0.445. The van der Waals surface area contributed by atoms with E-state index >= 15 is 0 Å². The van der Waals surface area contributed by atoms with Crippen LogP contribution in [0.3, 0.4) is 0 Å². The zero-order chi connectivity index (χ0) is 14.5. The number of hydrogen-bond donors (Lipinski definition) is 2. The van der Waals surface area contributed by atoms with Crippen LogP contribution in [0.15, 0.2) is 36.4 Å². The van der Waals surface area contributed by atoms with E-state index in [1.807, 2.05) is 13.8 Å². The van der Waals surface area contributed by atoms with Crippen molar-refractivity contribution in [2.75, 3.05) is 11.1 Å². The average molecular weight is 269 g/mol. The van der Waals surface area contributed by atoms with Gasteiger partial charge in [0.15, 0.2) is 0 Å². The molecule has 4 nitrogen and oxygen atoms in total. The molecule has 1 aromatic heterocycles. The van der Waals surface area contributed by atoms with E-state index in [0.717, 1.165) is 17.7 Å². The van der Waals surface area contributed by atoms with E-state index in [4.69, 9.17) is 5.73 Å². The first-order valence-electron chi connectivity index (χ1n) is 6.63. The van der Waals surface area contributed by atoms with Crippen LogP contribution < -0.4 is 11.1 Å². The molecule has 0 aliphatic heterocycles. The number of pyridine rings is 1. The van der Waals surface area contributed by atoms with Gasteiger partial charge in [0.1, 0.15) is 5.82 Å². The third-order valence-corrected chi connectivity index (χ3v) is 3.14. The molecule has 20 heavy (non-hydrogen) atoms. The van der Waals surface area contributed by atoms with Gasteiger partial charge in [0.05, 0.1) is 11.4 Å². The number of nitrogens with zero attached hydrogens (tertiary/aromatic N) is 1. The van der Waals surface area contributed by atoms with E-state index in [-0.39, 0.29) is 5.91 Å². The van der Waals surface area contributed by atoms with Gasteiger partial charge in [0, 0.05) is 6.42 Å². The quantitative estimate of drug-likeness (QED) is 0.896. The lowest BCUT2D eigenvalue weighted by Crippen LogP contribution is -2.13. The van der Waals surface area contributed by atoms with Crippen LogP contribution in [0.25, 0.3) is 0 Å². The molecule has 1 amide bonds. The Morgan fingerprint density at radius 1 is 1.15 bits per heavy atom. The van der Waals surface area contributed by atoms with E-state index in [1.165, 1.54) is 5.56 Å². The molecule has 0 bridgehead atoms. The Morgan fingerprint density at radius 2 is 1.85 bits per heavy atom. The van der Waals surface area contributed by atoms with Crippen molar-refractivity contribution in [1.29, 1.82) is 0 Å². The van der Waals surface area contributed by atoms with Crippen LogP contribution in [0.2, 0.25) is 0 Å². The van der Waals surface area contributed by atoms with Crippen molar-refractivity contribution in [3.8, 4) is 0 Å². The Hall–Kier alpha value is -2.36. The van der Waals surface area contributed by atoms with Crippen LogP contribution in [0.1, 0.15) is 23.2 Å². The number of aromatic nitrogens is 1. The zero-order valence-corrected chi connectivity index (χ0v) is 11.8. The second-order valence-corrected chi connectivity index (χ2v) is 4.90. The summed E-state index contributed by atoms with van der Waals surface area (Å²) in [6.07, 6.45) is 1.18. The highest BCUT2D eigenvalue weighted by atomic mass is 16.1. The maximum Gasteiger partial charge on any atom is 0.224 e. The number of nitrogen functional groups attached to an aromatic ring is 1. The third-order valence-electron chi connectivity index (χ3n) is 3.14. The fourth-order valence-electron chi connectivity index (χ4n) is 1.94. The molecule has 0 radical (unpaired) electrons. The van der Waals surface area contributed by atoms with Crippen molar-refractivity contribution in [2.24, 2.45) is 0 Å². The topological polar surface area (TPSA) is 68.0 Å². The molecule has 0 unspecified atom stereocenters. The molecule has 4 heteroatoms. The van der Waals surface area contributed by atoms with Crippen LogP contribution in [0.4, 0.5) is 11.5 Å². The lowest BCUT2D eigenvalue weighted by Gasteiger charge is -2.08. The van der Waals surface area contributed by atoms with E-state index in [9.17, 15) is 4.79 Å². The molecule has 2 aromatic rings. The third kappa shape index (κ3) is 3.82. The lowest BCUT2D eigenvalue weighted by molar-refractivity contribution is -0.116. The number of amides is 1. The molecule has 0 fully saturated rings. The SMILES string of the molecule is Cc1ccc(CCC(=O)Nc2ccc(N)nc2C)cc1. The molecule has 1 heterocycles. The number of benzene rings is 1. The minimum absolute atomic E-state index is 0.0137. The van der Waals surface area contributed by atoms with Crippen LogP contribution in [-0.4, -0.2) is 10.9 Å². The largest absolute Gasteiger partial charge is 0.384 e. The van der Waals surface area contributed by atoms with Crippen molar-refractivity contribution in [1.82, 2.24) is 4.98 Å². The monoisotopic (exact) mass is 269 g/mol. The molecule has 2 rings (SSSR count). The highest BCUT2D eigenvalue weighted by molar-refractivity contribution is 5.91. The fraction of sp³-hybridized carbons (Fsp3) is 0.250. The van der Waals surface area contributed by atoms with E-state index in [1.54, 1.807) is 12.1 Å². The number of nitrogens with two attached hydrogens (primary N) is 1. The summed E-state index contributed by atoms with van der Waals surface area (Å²) in [5, 5.41) is 2.86. The Kier molecular flexibility index (Phi) is 4.35. The van der Waals surface area contributed by atoms with Crippen molar-refractivity contribution in [3.05, 3.63) is 53.2 Å². The van der Waals surface area contributed by atoms with Gasteiger partial charge in [-0.3, -0.25) is 4.79 Å². The highest BCUT2D eigenvalue weighted by Gasteiger charge is 2.06. The Morgan fingerprint density at radius 3 is 2.50 bits per heavy atom. The summed E-state index contributed by atoms with van der Waals surface area (Å²) in [5.41, 5.74) is 9.42. The molecular weight excluding hydrogens is 250 g/mol. The number of anilines is 2. The second kappa shape index (κ2) is 6.19. The van der Waals surface area contributed by atoms with Crippen LogP contribution in [-0.2, 0) is 11.2 Å². The molecule has 3 N–H and O–H groups in total. The molecule has 1 aromatic carbocycles. The smallest absolute Gasteiger partial charge is 0.224 e. The van der Waals surface area contributed by atoms with E-state index in [0.29, 0.717) is 17.9 Å². The first-order chi connectivity index (χ1) is 9.54. The molecule has 0 saturated carbocycles. The fourth-order valence-corrected chi connectivity index (χ4v) is 1.94. The molecule has 0 atom stereocenters. The van der Waals surface area contributed by atoms with Crippen LogP contribution >= 0.6 is 0 Å².